The molecule has 0 aromatic heterocycles. The number of hydrogen-bond acceptors (Lipinski definition) is 2. The summed E-state index contributed by atoms with van der Waals surface area (Å²) in [5.41, 5.74) is 2.01. The van der Waals surface area contributed by atoms with Gasteiger partial charge in [-0.1, -0.05) is 19.1 Å². The number of anilines is 1. The first-order chi connectivity index (χ1) is 8.26. The van der Waals surface area contributed by atoms with E-state index in [1.165, 1.54) is 12.8 Å². The number of Topliss-reactive ketones (excluding diaryl/α,β-unsaturated/α-hetero) is 1. The van der Waals surface area contributed by atoms with Crippen molar-refractivity contribution in [3.8, 4) is 0 Å². The zero-order valence-corrected chi connectivity index (χ0v) is 10.8. The molecule has 1 aliphatic carbocycles. The molecule has 0 atom stereocenters. The summed E-state index contributed by atoms with van der Waals surface area (Å²) >= 11 is 0. The molecule has 1 aliphatic rings. The van der Waals surface area contributed by atoms with Crippen molar-refractivity contribution in [2.45, 2.75) is 33.1 Å². The second kappa shape index (κ2) is 5.35. The zero-order valence-electron chi connectivity index (χ0n) is 10.8. The molecule has 0 unspecified atom stereocenters. The lowest BCUT2D eigenvalue weighted by Gasteiger charge is -2.25. The van der Waals surface area contributed by atoms with Gasteiger partial charge in [-0.3, -0.25) is 4.79 Å². The predicted molar refractivity (Wildman–Crippen MR) is 71.7 cm³/mol. The maximum Gasteiger partial charge on any atom is 0.164 e. The van der Waals surface area contributed by atoms with E-state index in [1.54, 1.807) is 0 Å². The van der Waals surface area contributed by atoms with Crippen LogP contribution in [-0.2, 0) is 0 Å². The SMILES string of the molecule is CCC(=O)c1ccccc1N(CC)CC1CC1. The molecule has 0 heterocycles. The highest BCUT2D eigenvalue weighted by atomic mass is 16.1. The number of rotatable bonds is 6. The average Bonchev–Trinajstić information content (AvgIpc) is 3.19. The highest BCUT2D eigenvalue weighted by Crippen LogP contribution is 2.32. The molecular formula is C15H21NO. The Labute approximate surface area is 104 Å². The Hall–Kier alpha value is -1.31. The Morgan fingerprint density at radius 3 is 2.59 bits per heavy atom. The summed E-state index contributed by atoms with van der Waals surface area (Å²) in [6.07, 6.45) is 3.28. The molecule has 0 N–H and O–H groups in total. The van der Waals surface area contributed by atoms with Gasteiger partial charge in [0.1, 0.15) is 0 Å². The summed E-state index contributed by atoms with van der Waals surface area (Å²) in [6.45, 7) is 6.17. The topological polar surface area (TPSA) is 20.3 Å². The second-order valence-electron chi connectivity index (χ2n) is 4.78. The van der Waals surface area contributed by atoms with Crippen LogP contribution in [-0.4, -0.2) is 18.9 Å². The molecule has 0 saturated heterocycles. The first-order valence-corrected chi connectivity index (χ1v) is 6.63. The first-order valence-electron chi connectivity index (χ1n) is 6.63. The van der Waals surface area contributed by atoms with Crippen LogP contribution in [0.15, 0.2) is 24.3 Å². The van der Waals surface area contributed by atoms with Gasteiger partial charge in [0, 0.05) is 30.8 Å². The number of para-hydroxylation sites is 1. The van der Waals surface area contributed by atoms with Crippen molar-refractivity contribution in [1.29, 1.82) is 0 Å². The fourth-order valence-corrected chi connectivity index (χ4v) is 2.19. The number of ketones is 1. The number of nitrogens with zero attached hydrogens (tertiary/aromatic N) is 1. The molecule has 1 saturated carbocycles. The number of carbonyl (C=O) groups is 1. The van der Waals surface area contributed by atoms with Gasteiger partial charge in [0.25, 0.3) is 0 Å². The van der Waals surface area contributed by atoms with Gasteiger partial charge in [-0.25, -0.2) is 0 Å². The predicted octanol–water partition coefficient (Wildman–Crippen LogP) is 3.52. The molecule has 1 fully saturated rings. The van der Waals surface area contributed by atoms with Crippen molar-refractivity contribution < 1.29 is 4.79 Å². The van der Waals surface area contributed by atoms with Crippen molar-refractivity contribution in [2.24, 2.45) is 5.92 Å². The summed E-state index contributed by atoms with van der Waals surface area (Å²) in [6, 6.07) is 8.01. The van der Waals surface area contributed by atoms with E-state index in [2.05, 4.69) is 17.9 Å². The van der Waals surface area contributed by atoms with Crippen LogP contribution in [0.4, 0.5) is 5.69 Å². The normalized spacial score (nSPS) is 14.7. The zero-order chi connectivity index (χ0) is 12.3. The van der Waals surface area contributed by atoms with Crippen LogP contribution in [0.5, 0.6) is 0 Å². The molecule has 2 nitrogen and oxygen atoms in total. The Bertz CT molecular complexity index is 396. The van der Waals surface area contributed by atoms with E-state index >= 15 is 0 Å². The van der Waals surface area contributed by atoms with Crippen molar-refractivity contribution in [1.82, 2.24) is 0 Å². The fourth-order valence-electron chi connectivity index (χ4n) is 2.19. The van der Waals surface area contributed by atoms with Gasteiger partial charge in [0.2, 0.25) is 0 Å². The lowest BCUT2D eigenvalue weighted by Crippen LogP contribution is -2.26. The smallest absolute Gasteiger partial charge is 0.164 e. The summed E-state index contributed by atoms with van der Waals surface area (Å²) in [5.74, 6) is 1.09. The van der Waals surface area contributed by atoms with Gasteiger partial charge >= 0.3 is 0 Å². The standard InChI is InChI=1S/C15H21NO/c1-3-15(17)13-7-5-6-8-14(13)16(4-2)11-12-9-10-12/h5-8,12H,3-4,9-11H2,1-2H3. The van der Waals surface area contributed by atoms with Crippen LogP contribution in [0.25, 0.3) is 0 Å². The maximum absolute atomic E-state index is 11.9. The van der Waals surface area contributed by atoms with E-state index in [1.807, 2.05) is 25.1 Å². The summed E-state index contributed by atoms with van der Waals surface area (Å²) < 4.78 is 0. The van der Waals surface area contributed by atoms with Gasteiger partial charge in [-0.2, -0.15) is 0 Å². The highest BCUT2D eigenvalue weighted by molar-refractivity contribution is 6.01. The van der Waals surface area contributed by atoms with Crippen LogP contribution in [0.2, 0.25) is 0 Å². The second-order valence-corrected chi connectivity index (χ2v) is 4.78. The van der Waals surface area contributed by atoms with Crippen LogP contribution >= 0.6 is 0 Å². The maximum atomic E-state index is 11.9. The Morgan fingerprint density at radius 1 is 1.29 bits per heavy atom. The van der Waals surface area contributed by atoms with Gasteiger partial charge in [0.15, 0.2) is 5.78 Å². The van der Waals surface area contributed by atoms with Gasteiger partial charge < -0.3 is 4.90 Å². The van der Waals surface area contributed by atoms with E-state index in [-0.39, 0.29) is 5.78 Å². The van der Waals surface area contributed by atoms with Crippen molar-refractivity contribution in [2.75, 3.05) is 18.0 Å². The van der Waals surface area contributed by atoms with Crippen LogP contribution in [0.1, 0.15) is 43.5 Å². The van der Waals surface area contributed by atoms with Crippen molar-refractivity contribution >= 4 is 11.5 Å². The molecule has 0 bridgehead atoms. The molecule has 2 rings (SSSR count). The van der Waals surface area contributed by atoms with Crippen LogP contribution < -0.4 is 4.90 Å². The minimum absolute atomic E-state index is 0.245. The van der Waals surface area contributed by atoms with Crippen molar-refractivity contribution in [3.63, 3.8) is 0 Å². The largest absolute Gasteiger partial charge is 0.371 e. The summed E-state index contributed by atoms with van der Waals surface area (Å²) in [5, 5.41) is 0. The third kappa shape index (κ3) is 2.87. The molecule has 1 aromatic carbocycles. The quantitative estimate of drug-likeness (QED) is 0.698. The third-order valence-corrected chi connectivity index (χ3v) is 3.42. The molecule has 1 aromatic rings. The van der Waals surface area contributed by atoms with Crippen molar-refractivity contribution in [3.05, 3.63) is 29.8 Å². The first kappa shape index (κ1) is 12.2. The summed E-state index contributed by atoms with van der Waals surface area (Å²) in [7, 11) is 0. The van der Waals surface area contributed by atoms with E-state index in [0.717, 1.165) is 30.3 Å². The molecule has 0 amide bonds. The molecule has 0 aliphatic heterocycles. The fraction of sp³-hybridized carbons (Fsp3) is 0.533. The minimum Gasteiger partial charge on any atom is -0.371 e. The summed E-state index contributed by atoms with van der Waals surface area (Å²) in [4.78, 5) is 14.3. The molecule has 92 valence electrons. The Kier molecular flexibility index (Phi) is 3.82. The monoisotopic (exact) mass is 231 g/mol. The van der Waals surface area contributed by atoms with E-state index < -0.39 is 0 Å². The van der Waals surface area contributed by atoms with Crippen LogP contribution in [0.3, 0.4) is 0 Å². The number of benzene rings is 1. The molecule has 17 heavy (non-hydrogen) atoms. The lowest BCUT2D eigenvalue weighted by molar-refractivity contribution is 0.0988. The van der Waals surface area contributed by atoms with E-state index in [4.69, 9.17) is 0 Å². The van der Waals surface area contributed by atoms with Crippen LogP contribution in [0, 0.1) is 5.92 Å². The highest BCUT2D eigenvalue weighted by Gasteiger charge is 2.25. The lowest BCUT2D eigenvalue weighted by atomic mass is 10.1. The molecular weight excluding hydrogens is 210 g/mol. The van der Waals surface area contributed by atoms with Gasteiger partial charge in [-0.05, 0) is 37.8 Å². The van der Waals surface area contributed by atoms with Gasteiger partial charge in [-0.15, -0.1) is 0 Å². The Morgan fingerprint density at radius 2 is 2.00 bits per heavy atom. The minimum atomic E-state index is 0.245. The number of carbonyl (C=O) groups excluding carboxylic acids is 1. The average molecular weight is 231 g/mol. The van der Waals surface area contributed by atoms with Gasteiger partial charge in [0.05, 0.1) is 0 Å². The number of hydrogen-bond donors (Lipinski definition) is 0. The molecule has 0 radical (unpaired) electrons. The van der Waals surface area contributed by atoms with E-state index in [0.29, 0.717) is 6.42 Å². The Balaban J connectivity index is 2.24. The molecule has 2 heteroatoms. The third-order valence-electron chi connectivity index (χ3n) is 3.42. The van der Waals surface area contributed by atoms with E-state index in [9.17, 15) is 4.79 Å². The molecule has 0 spiro atoms.